The van der Waals surface area contributed by atoms with Crippen LogP contribution in [0.15, 0.2) is 24.5 Å². The van der Waals surface area contributed by atoms with Gasteiger partial charge in [-0.25, -0.2) is 9.37 Å². The minimum Gasteiger partial charge on any atom is -0.383 e. The van der Waals surface area contributed by atoms with E-state index in [2.05, 4.69) is 15.6 Å². The first kappa shape index (κ1) is 24.1. The molecule has 0 radical (unpaired) electrons. The van der Waals surface area contributed by atoms with Crippen molar-refractivity contribution >= 4 is 29.1 Å². The van der Waals surface area contributed by atoms with Gasteiger partial charge in [0.1, 0.15) is 17.1 Å². The zero-order chi connectivity index (χ0) is 25.1. The number of carbonyl (C=O) groups excluding carboxylic acids is 2. The van der Waals surface area contributed by atoms with Crippen molar-refractivity contribution in [2.24, 2.45) is 18.9 Å². The second-order valence-corrected chi connectivity index (χ2v) is 10.5. The van der Waals surface area contributed by atoms with E-state index in [1.54, 1.807) is 11.6 Å². The number of hydrogen-bond donors (Lipinski definition) is 3. The van der Waals surface area contributed by atoms with Crippen molar-refractivity contribution in [3.63, 3.8) is 0 Å². The maximum Gasteiger partial charge on any atom is 0.352 e. The van der Waals surface area contributed by atoms with Gasteiger partial charge in [-0.2, -0.15) is 8.78 Å². The van der Waals surface area contributed by atoms with Crippen molar-refractivity contribution in [3.05, 3.63) is 46.8 Å². The summed E-state index contributed by atoms with van der Waals surface area (Å²) < 4.78 is 44.8. The van der Waals surface area contributed by atoms with Crippen LogP contribution in [-0.2, 0) is 11.8 Å². The highest BCUT2D eigenvalue weighted by Gasteiger charge is 2.64. The Hall–Kier alpha value is -2.59. The number of fused-ring (bicyclic) bond motifs is 1. The molecule has 0 saturated heterocycles. The van der Waals surface area contributed by atoms with Crippen LogP contribution in [0.3, 0.4) is 0 Å². The van der Waals surface area contributed by atoms with E-state index in [1.165, 1.54) is 18.5 Å². The molecule has 0 aliphatic heterocycles. The summed E-state index contributed by atoms with van der Waals surface area (Å²) in [6.07, 6.45) is 3.48. The molecule has 3 fully saturated rings. The molecular formula is C24H26ClF3N4O3. The highest BCUT2D eigenvalue weighted by Crippen LogP contribution is 2.57. The van der Waals surface area contributed by atoms with Crippen molar-refractivity contribution in [2.75, 3.05) is 5.32 Å². The van der Waals surface area contributed by atoms with Gasteiger partial charge in [-0.3, -0.25) is 9.59 Å². The normalized spacial score (nSPS) is 28.1. The van der Waals surface area contributed by atoms with Crippen molar-refractivity contribution in [1.29, 1.82) is 0 Å². The third-order valence-electron chi connectivity index (χ3n) is 7.57. The number of aliphatic hydroxyl groups is 1. The van der Waals surface area contributed by atoms with Crippen LogP contribution in [0, 0.1) is 17.7 Å². The Labute approximate surface area is 205 Å². The summed E-state index contributed by atoms with van der Waals surface area (Å²) in [5, 5.41) is 15.7. The summed E-state index contributed by atoms with van der Waals surface area (Å²) in [5.74, 6) is -6.87. The number of rotatable bonds is 6. The zero-order valence-corrected chi connectivity index (χ0v) is 19.8. The Balaban J connectivity index is 1.29. The smallest absolute Gasteiger partial charge is 0.352 e. The minimum absolute atomic E-state index is 0.119. The maximum atomic E-state index is 14.9. The molecule has 1 heterocycles. The van der Waals surface area contributed by atoms with Gasteiger partial charge < -0.3 is 20.3 Å². The molecule has 3 aliphatic rings. The Morgan fingerprint density at radius 1 is 1.23 bits per heavy atom. The third kappa shape index (κ3) is 4.31. The molecular weight excluding hydrogens is 485 g/mol. The second-order valence-electron chi connectivity index (χ2n) is 10.1. The molecule has 35 heavy (non-hydrogen) atoms. The van der Waals surface area contributed by atoms with Gasteiger partial charge >= 0.3 is 5.92 Å². The lowest BCUT2D eigenvalue weighted by atomic mass is 9.87. The van der Waals surface area contributed by atoms with Crippen molar-refractivity contribution in [2.45, 2.75) is 62.0 Å². The van der Waals surface area contributed by atoms with Gasteiger partial charge in [0.25, 0.3) is 11.8 Å². The largest absolute Gasteiger partial charge is 0.383 e. The average Bonchev–Trinajstić information content (AvgIpc) is 3.24. The topological polar surface area (TPSA) is 96.2 Å². The molecule has 7 nitrogen and oxygen atoms in total. The van der Waals surface area contributed by atoms with E-state index >= 15 is 0 Å². The van der Waals surface area contributed by atoms with Crippen molar-refractivity contribution in [1.82, 2.24) is 14.9 Å². The zero-order valence-electron chi connectivity index (χ0n) is 19.0. The average molecular weight is 511 g/mol. The number of hydrogen-bond acceptors (Lipinski definition) is 4. The molecule has 3 N–H and O–H groups in total. The molecule has 11 heteroatoms. The summed E-state index contributed by atoms with van der Waals surface area (Å²) in [4.78, 5) is 29.6. The van der Waals surface area contributed by atoms with E-state index in [1.807, 2.05) is 0 Å². The van der Waals surface area contributed by atoms with Crippen LogP contribution in [-0.4, -0.2) is 44.0 Å². The van der Waals surface area contributed by atoms with E-state index in [0.717, 1.165) is 6.07 Å². The fourth-order valence-electron chi connectivity index (χ4n) is 5.65. The van der Waals surface area contributed by atoms with E-state index < -0.39 is 29.2 Å². The van der Waals surface area contributed by atoms with Crippen molar-refractivity contribution in [3.8, 4) is 0 Å². The lowest BCUT2D eigenvalue weighted by Gasteiger charge is -2.32. The molecule has 5 rings (SSSR count). The van der Waals surface area contributed by atoms with Gasteiger partial charge in [0.15, 0.2) is 0 Å². The molecule has 1 aromatic heterocycles. The molecule has 2 unspecified atom stereocenters. The fourth-order valence-corrected chi connectivity index (χ4v) is 5.83. The van der Waals surface area contributed by atoms with Crippen LogP contribution in [0.2, 0.25) is 5.02 Å². The Bertz CT molecular complexity index is 1170. The Kier molecular flexibility index (Phi) is 5.87. The maximum absolute atomic E-state index is 14.9. The quantitative estimate of drug-likeness (QED) is 0.547. The number of benzene rings is 1. The molecule has 3 saturated carbocycles. The van der Waals surface area contributed by atoms with Gasteiger partial charge in [0.05, 0.1) is 17.0 Å². The highest BCUT2D eigenvalue weighted by atomic mass is 35.5. The third-order valence-corrected chi connectivity index (χ3v) is 7.86. The second kappa shape index (κ2) is 8.51. The number of aromatic nitrogens is 2. The number of amides is 2. The Morgan fingerprint density at radius 2 is 1.89 bits per heavy atom. The first-order chi connectivity index (χ1) is 16.5. The predicted octanol–water partition coefficient (Wildman–Crippen LogP) is 4.01. The number of halogens is 4. The van der Waals surface area contributed by atoms with Gasteiger partial charge in [-0.1, -0.05) is 11.6 Å². The highest BCUT2D eigenvalue weighted by molar-refractivity contribution is 6.31. The van der Waals surface area contributed by atoms with Crippen LogP contribution in [0.5, 0.6) is 0 Å². The number of nitrogens with zero attached hydrogens (tertiary/aromatic N) is 2. The number of carbonyl (C=O) groups is 2. The number of aryl methyl sites for hydroxylation is 1. The predicted molar refractivity (Wildman–Crippen MR) is 122 cm³/mol. The van der Waals surface area contributed by atoms with E-state index in [0.29, 0.717) is 42.8 Å². The summed E-state index contributed by atoms with van der Waals surface area (Å²) in [7, 11) is 1.68. The molecule has 2 aromatic rings. The van der Waals surface area contributed by atoms with Gasteiger partial charge in [-0.05, 0) is 68.6 Å². The van der Waals surface area contributed by atoms with Gasteiger partial charge in [0, 0.05) is 24.7 Å². The lowest BCUT2D eigenvalue weighted by molar-refractivity contribution is -0.192. The first-order valence-electron chi connectivity index (χ1n) is 11.7. The molecule has 1 aromatic carbocycles. The summed E-state index contributed by atoms with van der Waals surface area (Å²) in [6.45, 7) is 0. The van der Waals surface area contributed by atoms with Crippen LogP contribution < -0.4 is 10.6 Å². The van der Waals surface area contributed by atoms with E-state index in [-0.39, 0.29) is 41.7 Å². The van der Waals surface area contributed by atoms with E-state index in [9.17, 15) is 27.9 Å². The fraction of sp³-hybridized carbons (Fsp3) is 0.542. The summed E-state index contributed by atoms with van der Waals surface area (Å²) in [5.41, 5.74) is -1.18. The lowest BCUT2D eigenvalue weighted by Crippen LogP contribution is -2.56. The summed E-state index contributed by atoms with van der Waals surface area (Å²) in [6, 6.07) is 3.64. The molecule has 0 spiro atoms. The van der Waals surface area contributed by atoms with Crippen LogP contribution >= 0.6 is 11.6 Å². The number of nitrogens with one attached hydrogen (secondary N) is 2. The number of imidazole rings is 1. The molecule has 2 atom stereocenters. The first-order valence-corrected chi connectivity index (χ1v) is 12.0. The van der Waals surface area contributed by atoms with Crippen LogP contribution in [0.1, 0.15) is 60.6 Å². The standard InChI is InChI=1S/C24H26ClF3N4O3/c1-32-11-29-19(20(32)21(33)30-16-4-5-18(26)17(25)8-16)12-6-13-9-23(35,10-14(13)7-12)24(27,28)22(34)31-15-2-3-15/h4-5,8,11-15,35H,2-3,6-7,9-10H2,1H3,(H,30,33)(H,31,34). The molecule has 188 valence electrons. The summed E-state index contributed by atoms with van der Waals surface area (Å²) >= 11 is 5.80. The molecule has 0 bridgehead atoms. The minimum atomic E-state index is -3.86. The number of anilines is 1. The Morgan fingerprint density at radius 3 is 2.49 bits per heavy atom. The SMILES string of the molecule is Cn1cnc(C2CC3CC(O)(C(F)(F)C(=O)NC4CC4)CC3C2)c1C(=O)Nc1ccc(F)c(Cl)c1. The monoisotopic (exact) mass is 510 g/mol. The molecule has 3 aliphatic carbocycles. The van der Waals surface area contributed by atoms with Gasteiger partial charge in [-0.15, -0.1) is 0 Å². The van der Waals surface area contributed by atoms with Gasteiger partial charge in [0.2, 0.25) is 0 Å². The van der Waals surface area contributed by atoms with Crippen LogP contribution in [0.4, 0.5) is 18.9 Å². The number of alkyl halides is 2. The molecule has 2 amide bonds. The van der Waals surface area contributed by atoms with Crippen molar-refractivity contribution < 1.29 is 27.9 Å². The van der Waals surface area contributed by atoms with Crippen LogP contribution in [0.25, 0.3) is 0 Å². The van der Waals surface area contributed by atoms with E-state index in [4.69, 9.17) is 11.6 Å².